The first-order chi connectivity index (χ1) is 29.8. The highest BCUT2D eigenvalue weighted by molar-refractivity contribution is 6.07. The third kappa shape index (κ3) is 12.8. The summed E-state index contributed by atoms with van der Waals surface area (Å²) in [5.74, 6) is -3.28. The van der Waals surface area contributed by atoms with E-state index in [-0.39, 0.29) is 56.5 Å². The van der Waals surface area contributed by atoms with Crippen molar-refractivity contribution in [2.75, 3.05) is 136 Å². The van der Waals surface area contributed by atoms with Gasteiger partial charge in [-0.25, -0.2) is 0 Å². The van der Waals surface area contributed by atoms with Crippen molar-refractivity contribution >= 4 is 52.2 Å². The lowest BCUT2D eigenvalue weighted by atomic mass is 10.1. The first kappa shape index (κ1) is 46.1. The van der Waals surface area contributed by atoms with Gasteiger partial charge in [-0.2, -0.15) is 5.26 Å². The number of carboxylic acids is 3. The van der Waals surface area contributed by atoms with E-state index in [9.17, 15) is 49.3 Å². The van der Waals surface area contributed by atoms with Crippen LogP contribution in [-0.4, -0.2) is 234 Å². The molecule has 62 heavy (non-hydrogen) atoms. The van der Waals surface area contributed by atoms with Crippen LogP contribution in [0.15, 0.2) is 30.5 Å². The van der Waals surface area contributed by atoms with Crippen molar-refractivity contribution in [1.29, 1.82) is 5.26 Å². The van der Waals surface area contributed by atoms with Crippen LogP contribution < -0.4 is 10.2 Å². The van der Waals surface area contributed by atoms with Gasteiger partial charge in [0.05, 0.1) is 49.9 Å². The number of rotatable bonds is 16. The van der Waals surface area contributed by atoms with Crippen LogP contribution in [0.25, 0.3) is 10.9 Å². The van der Waals surface area contributed by atoms with Gasteiger partial charge in [0.15, 0.2) is 0 Å². The van der Waals surface area contributed by atoms with Gasteiger partial charge in [-0.15, -0.1) is 0 Å². The highest BCUT2D eigenvalue weighted by atomic mass is 16.4. The number of carbonyl (C=O) groups excluding carboxylic acids is 3. The molecular formula is C42H59N11O9. The number of anilines is 1. The van der Waals surface area contributed by atoms with Gasteiger partial charge in [-0.3, -0.25) is 58.3 Å². The van der Waals surface area contributed by atoms with Gasteiger partial charge in [0, 0.05) is 115 Å². The smallest absolute Gasteiger partial charge is 0.317 e. The first-order valence-corrected chi connectivity index (χ1v) is 21.4. The quantitative estimate of drug-likeness (QED) is 0.157. The van der Waals surface area contributed by atoms with Crippen molar-refractivity contribution in [3.63, 3.8) is 0 Å². The molecule has 0 unspecified atom stereocenters. The maximum atomic E-state index is 13.6. The Morgan fingerprint density at radius 3 is 1.84 bits per heavy atom. The molecule has 20 heteroatoms. The van der Waals surface area contributed by atoms with Crippen LogP contribution >= 0.6 is 0 Å². The number of pyridine rings is 1. The second kappa shape index (κ2) is 21.6. The van der Waals surface area contributed by atoms with E-state index >= 15 is 0 Å². The molecule has 20 nitrogen and oxygen atoms in total. The third-order valence-electron chi connectivity index (χ3n) is 12.4. The minimum Gasteiger partial charge on any atom is -0.480 e. The highest BCUT2D eigenvalue weighted by Gasteiger charge is 2.54. The lowest BCUT2D eigenvalue weighted by Crippen LogP contribution is -2.53. The van der Waals surface area contributed by atoms with E-state index in [1.165, 1.54) is 0 Å². The molecule has 4 fully saturated rings. The molecule has 336 valence electrons. The Morgan fingerprint density at radius 1 is 0.742 bits per heavy atom. The topological polar surface area (TPSA) is 238 Å². The maximum absolute atomic E-state index is 13.6. The fraction of sp³-hybridized carbons (Fsp3) is 0.619. The minimum absolute atomic E-state index is 0.0419. The zero-order valence-electron chi connectivity index (χ0n) is 35.4. The first-order valence-electron chi connectivity index (χ1n) is 21.4. The van der Waals surface area contributed by atoms with Crippen LogP contribution in [0.3, 0.4) is 0 Å². The van der Waals surface area contributed by atoms with Crippen LogP contribution in [0, 0.1) is 17.2 Å². The largest absolute Gasteiger partial charge is 0.480 e. The van der Waals surface area contributed by atoms with Crippen molar-refractivity contribution in [2.45, 2.75) is 31.3 Å². The molecule has 3 atom stereocenters. The molecule has 0 radical (unpaired) electrons. The fourth-order valence-corrected chi connectivity index (χ4v) is 8.80. The lowest BCUT2D eigenvalue weighted by molar-refractivity contribution is -0.141. The van der Waals surface area contributed by atoms with E-state index in [0.29, 0.717) is 107 Å². The molecule has 1 saturated carbocycles. The summed E-state index contributed by atoms with van der Waals surface area (Å²) in [5.41, 5.74) is 1.99. The Labute approximate surface area is 361 Å². The molecule has 0 spiro atoms. The van der Waals surface area contributed by atoms with E-state index in [1.54, 1.807) is 31.9 Å². The van der Waals surface area contributed by atoms with E-state index in [1.807, 2.05) is 35.0 Å². The molecule has 6 rings (SSSR count). The number of fused-ring (bicyclic) bond motifs is 2. The Balaban J connectivity index is 0.966. The van der Waals surface area contributed by atoms with Crippen molar-refractivity contribution in [2.24, 2.45) is 5.92 Å². The van der Waals surface area contributed by atoms with Crippen LogP contribution in [0.4, 0.5) is 5.69 Å². The number of nitrogens with zero attached hydrogens (tertiary/aromatic N) is 10. The number of hydrogen-bond donors (Lipinski definition) is 4. The number of benzene rings is 1. The number of aliphatic carboxylic acids is 3. The zero-order valence-corrected chi connectivity index (χ0v) is 35.4. The van der Waals surface area contributed by atoms with Crippen molar-refractivity contribution in [1.82, 2.24) is 44.6 Å². The molecule has 4 aliphatic rings. The number of hydrogen-bond acceptors (Lipinski definition) is 14. The predicted octanol–water partition coefficient (Wildman–Crippen LogP) is -1.08. The molecule has 3 amide bonds. The Bertz CT molecular complexity index is 1960. The molecule has 3 aliphatic heterocycles. The summed E-state index contributed by atoms with van der Waals surface area (Å²) in [4.78, 5) is 94.2. The van der Waals surface area contributed by atoms with Crippen LogP contribution in [0.2, 0.25) is 0 Å². The molecule has 1 aromatic carbocycles. The number of nitrogens with one attached hydrogen (secondary N) is 1. The van der Waals surface area contributed by atoms with Gasteiger partial charge in [0.25, 0.3) is 5.91 Å². The normalized spacial score (nSPS) is 22.2. The Hall–Kier alpha value is -5.46. The standard InChI is InChI=1S/C42H59N11O9/c1-46(31-3-4-35-34(23-31)33(5-6-44-35)42(62)45-25-37(54)53-32(24-43)21-30-22-36(30)53)7-2-8-47-17-19-52(20-18-47)38(55)26-48-9-11-49(27-39(56)57)13-15-51(29-41(60)61)16-14-50(12-10-48)28-40(58)59/h3-6,23,30,32,36H,2,7-22,25-29H2,1H3,(H,45,62)(H,56,57)(H,58,59)(H,60,61)/t30-,32+,36+/m1/s1. The highest BCUT2D eigenvalue weighted by Crippen LogP contribution is 2.47. The van der Waals surface area contributed by atoms with E-state index in [2.05, 4.69) is 26.2 Å². The summed E-state index contributed by atoms with van der Waals surface area (Å²) < 4.78 is 0. The van der Waals surface area contributed by atoms with Gasteiger partial charge in [-0.05, 0) is 56.0 Å². The summed E-state index contributed by atoms with van der Waals surface area (Å²) in [7, 11) is 1.99. The number of piperazine rings is 1. The van der Waals surface area contributed by atoms with Crippen molar-refractivity contribution in [3.8, 4) is 6.07 Å². The summed E-state index contributed by atoms with van der Waals surface area (Å²) >= 11 is 0. The number of carbonyl (C=O) groups is 6. The average molecular weight is 862 g/mol. The molecule has 1 aliphatic carbocycles. The van der Waals surface area contributed by atoms with Crippen LogP contribution in [0.5, 0.6) is 0 Å². The molecule has 4 heterocycles. The van der Waals surface area contributed by atoms with E-state index < -0.39 is 23.9 Å². The number of carboxylic acid groups (broad SMARTS) is 3. The summed E-state index contributed by atoms with van der Waals surface area (Å²) in [6.07, 6.45) is 4.05. The second-order valence-corrected chi connectivity index (χ2v) is 16.8. The fourth-order valence-electron chi connectivity index (χ4n) is 8.80. The summed E-state index contributed by atoms with van der Waals surface area (Å²) in [6.45, 7) is 6.07. The van der Waals surface area contributed by atoms with Crippen LogP contribution in [-0.2, 0) is 24.0 Å². The van der Waals surface area contributed by atoms with Gasteiger partial charge in [0.2, 0.25) is 11.8 Å². The SMILES string of the molecule is CN(CCCN1CCN(C(=O)CN2CCN(CC(=O)O)CCN(CC(=O)O)CCN(CC(=O)O)CC2)CC1)c1ccc2nccc(C(=O)NCC(=O)N3[C@H](C#N)C[C@@H]4C[C@@H]43)c2c1. The molecule has 3 saturated heterocycles. The number of piperidine rings is 1. The Morgan fingerprint density at radius 2 is 1.29 bits per heavy atom. The summed E-state index contributed by atoms with van der Waals surface area (Å²) in [5, 5.41) is 41.4. The molecule has 4 N–H and O–H groups in total. The summed E-state index contributed by atoms with van der Waals surface area (Å²) in [6, 6.07) is 9.32. The maximum Gasteiger partial charge on any atom is 0.317 e. The van der Waals surface area contributed by atoms with Gasteiger partial charge in [-0.1, -0.05) is 0 Å². The Kier molecular flexibility index (Phi) is 16.0. The number of nitriles is 1. The van der Waals surface area contributed by atoms with Gasteiger partial charge >= 0.3 is 17.9 Å². The van der Waals surface area contributed by atoms with Gasteiger partial charge in [0.1, 0.15) is 6.04 Å². The lowest BCUT2D eigenvalue weighted by Gasteiger charge is -2.37. The minimum atomic E-state index is -1.02. The zero-order chi connectivity index (χ0) is 44.3. The van der Waals surface area contributed by atoms with Crippen molar-refractivity contribution in [3.05, 3.63) is 36.0 Å². The van der Waals surface area contributed by atoms with Crippen molar-refractivity contribution < 1.29 is 44.1 Å². The predicted molar refractivity (Wildman–Crippen MR) is 226 cm³/mol. The third-order valence-corrected chi connectivity index (χ3v) is 12.4. The number of likely N-dealkylation sites (tertiary alicyclic amines) is 1. The molecule has 1 aromatic heterocycles. The molecule has 0 bridgehead atoms. The van der Waals surface area contributed by atoms with E-state index in [4.69, 9.17) is 0 Å². The number of amides is 3. The van der Waals surface area contributed by atoms with E-state index in [0.717, 1.165) is 31.6 Å². The second-order valence-electron chi connectivity index (χ2n) is 16.8. The van der Waals surface area contributed by atoms with Crippen LogP contribution in [0.1, 0.15) is 29.6 Å². The number of aromatic nitrogens is 1. The molecule has 2 aromatic rings. The van der Waals surface area contributed by atoms with Gasteiger partial charge < -0.3 is 35.3 Å². The average Bonchev–Trinajstić information content (AvgIpc) is 3.90. The monoisotopic (exact) mass is 861 g/mol. The molecular weight excluding hydrogens is 803 g/mol.